The Bertz CT molecular complexity index is 287. The van der Waals surface area contributed by atoms with Crippen LogP contribution in [-0.4, -0.2) is 7.05 Å². The monoisotopic (exact) mass is 161 g/mol. The van der Waals surface area contributed by atoms with Crippen molar-refractivity contribution in [3.05, 3.63) is 35.4 Å². The fourth-order valence-corrected chi connectivity index (χ4v) is 1.21. The quantitative estimate of drug-likeness (QED) is 0.703. The Labute approximate surface area is 74.1 Å². The SMILES string of the molecule is C/C=C/c1ccc(C)cc1NC. The highest BCUT2D eigenvalue weighted by atomic mass is 14.8. The molecule has 0 aliphatic rings. The second-order valence-corrected chi connectivity index (χ2v) is 2.84. The van der Waals surface area contributed by atoms with E-state index >= 15 is 0 Å². The number of rotatable bonds is 2. The first-order valence-electron chi connectivity index (χ1n) is 4.19. The first kappa shape index (κ1) is 8.85. The van der Waals surface area contributed by atoms with Crippen molar-refractivity contribution in [1.29, 1.82) is 0 Å². The van der Waals surface area contributed by atoms with Gasteiger partial charge >= 0.3 is 0 Å². The summed E-state index contributed by atoms with van der Waals surface area (Å²) in [6, 6.07) is 6.40. The Balaban J connectivity index is 3.10. The Hall–Kier alpha value is -1.24. The zero-order chi connectivity index (χ0) is 8.97. The fourth-order valence-electron chi connectivity index (χ4n) is 1.21. The summed E-state index contributed by atoms with van der Waals surface area (Å²) in [6.45, 7) is 4.12. The number of nitrogens with one attached hydrogen (secondary N) is 1. The van der Waals surface area contributed by atoms with E-state index in [9.17, 15) is 0 Å². The Morgan fingerprint density at radius 3 is 2.67 bits per heavy atom. The highest BCUT2D eigenvalue weighted by Crippen LogP contribution is 2.18. The summed E-state index contributed by atoms with van der Waals surface area (Å²) in [5.41, 5.74) is 3.71. The normalized spacial score (nSPS) is 10.6. The van der Waals surface area contributed by atoms with Crippen LogP contribution in [0.1, 0.15) is 18.1 Å². The van der Waals surface area contributed by atoms with Crippen LogP contribution >= 0.6 is 0 Å². The van der Waals surface area contributed by atoms with Gasteiger partial charge in [0.1, 0.15) is 0 Å². The van der Waals surface area contributed by atoms with E-state index in [4.69, 9.17) is 0 Å². The van der Waals surface area contributed by atoms with Crippen molar-refractivity contribution in [3.63, 3.8) is 0 Å². The third-order valence-corrected chi connectivity index (χ3v) is 1.82. The molecule has 0 aliphatic carbocycles. The van der Waals surface area contributed by atoms with Crippen LogP contribution in [0.5, 0.6) is 0 Å². The molecular weight excluding hydrogens is 146 g/mol. The van der Waals surface area contributed by atoms with Crippen LogP contribution in [0.25, 0.3) is 6.08 Å². The number of hydrogen-bond donors (Lipinski definition) is 1. The van der Waals surface area contributed by atoms with Crippen molar-refractivity contribution in [2.45, 2.75) is 13.8 Å². The molecule has 1 aromatic carbocycles. The predicted octanol–water partition coefficient (Wildman–Crippen LogP) is 3.07. The maximum atomic E-state index is 3.17. The molecule has 1 heteroatoms. The highest BCUT2D eigenvalue weighted by Gasteiger charge is 1.95. The van der Waals surface area contributed by atoms with Crippen molar-refractivity contribution >= 4 is 11.8 Å². The average Bonchev–Trinajstić information content (AvgIpc) is 2.08. The van der Waals surface area contributed by atoms with Gasteiger partial charge < -0.3 is 5.32 Å². The lowest BCUT2D eigenvalue weighted by molar-refractivity contribution is 1.42. The summed E-state index contributed by atoms with van der Waals surface area (Å²) in [7, 11) is 1.95. The molecule has 0 fully saturated rings. The van der Waals surface area contributed by atoms with E-state index in [2.05, 4.69) is 36.5 Å². The second kappa shape index (κ2) is 3.96. The first-order valence-corrected chi connectivity index (χ1v) is 4.19. The first-order chi connectivity index (χ1) is 5.77. The number of allylic oxidation sites excluding steroid dienone is 1. The number of aryl methyl sites for hydroxylation is 1. The van der Waals surface area contributed by atoms with Gasteiger partial charge in [-0.2, -0.15) is 0 Å². The van der Waals surface area contributed by atoms with Crippen molar-refractivity contribution in [3.8, 4) is 0 Å². The summed E-state index contributed by atoms with van der Waals surface area (Å²) >= 11 is 0. The maximum Gasteiger partial charge on any atom is 0.0413 e. The van der Waals surface area contributed by atoms with Gasteiger partial charge in [-0.3, -0.25) is 0 Å². The van der Waals surface area contributed by atoms with E-state index in [1.165, 1.54) is 16.8 Å². The van der Waals surface area contributed by atoms with Crippen LogP contribution < -0.4 is 5.32 Å². The lowest BCUT2D eigenvalue weighted by Gasteiger charge is -2.05. The minimum atomic E-state index is 1.19. The standard InChI is InChI=1S/C11H15N/c1-4-5-10-7-6-9(2)8-11(10)12-3/h4-8,12H,1-3H3/b5-4+. The van der Waals surface area contributed by atoms with Crippen LogP contribution in [0.15, 0.2) is 24.3 Å². The summed E-state index contributed by atoms with van der Waals surface area (Å²) in [5.74, 6) is 0. The molecule has 0 unspecified atom stereocenters. The van der Waals surface area contributed by atoms with Crippen LogP contribution in [0.4, 0.5) is 5.69 Å². The molecule has 0 spiro atoms. The molecule has 0 amide bonds. The molecule has 1 rings (SSSR count). The Kier molecular flexibility index (Phi) is 2.92. The molecule has 0 aliphatic heterocycles. The largest absolute Gasteiger partial charge is 0.388 e. The molecule has 64 valence electrons. The van der Waals surface area contributed by atoms with Gasteiger partial charge in [0, 0.05) is 12.7 Å². The van der Waals surface area contributed by atoms with Gasteiger partial charge in [0.25, 0.3) is 0 Å². The molecule has 12 heavy (non-hydrogen) atoms. The van der Waals surface area contributed by atoms with E-state index in [-0.39, 0.29) is 0 Å². The van der Waals surface area contributed by atoms with Crippen LogP contribution in [0.3, 0.4) is 0 Å². The topological polar surface area (TPSA) is 12.0 Å². The van der Waals surface area contributed by atoms with Crippen molar-refractivity contribution in [2.75, 3.05) is 12.4 Å². The second-order valence-electron chi connectivity index (χ2n) is 2.84. The van der Waals surface area contributed by atoms with Crippen molar-refractivity contribution in [2.24, 2.45) is 0 Å². The predicted molar refractivity (Wildman–Crippen MR) is 55.4 cm³/mol. The third kappa shape index (κ3) is 1.88. The Morgan fingerprint density at radius 2 is 2.08 bits per heavy atom. The minimum absolute atomic E-state index is 1.19. The molecule has 0 saturated heterocycles. The fraction of sp³-hybridized carbons (Fsp3) is 0.273. The third-order valence-electron chi connectivity index (χ3n) is 1.82. The van der Waals surface area contributed by atoms with Gasteiger partial charge in [-0.1, -0.05) is 24.3 Å². The van der Waals surface area contributed by atoms with E-state index in [0.29, 0.717) is 0 Å². The minimum Gasteiger partial charge on any atom is -0.388 e. The molecule has 1 N–H and O–H groups in total. The molecule has 1 aromatic rings. The van der Waals surface area contributed by atoms with Crippen molar-refractivity contribution < 1.29 is 0 Å². The van der Waals surface area contributed by atoms with Crippen LogP contribution in [0, 0.1) is 6.92 Å². The molecule has 0 atom stereocenters. The van der Waals surface area contributed by atoms with E-state index in [0.717, 1.165) is 0 Å². The zero-order valence-electron chi connectivity index (χ0n) is 7.89. The highest BCUT2D eigenvalue weighted by molar-refractivity contribution is 5.67. The molecule has 0 radical (unpaired) electrons. The summed E-state index contributed by atoms with van der Waals surface area (Å²) in [4.78, 5) is 0. The van der Waals surface area contributed by atoms with Crippen molar-refractivity contribution in [1.82, 2.24) is 0 Å². The molecule has 0 saturated carbocycles. The lowest BCUT2D eigenvalue weighted by atomic mass is 10.1. The smallest absolute Gasteiger partial charge is 0.0413 e. The zero-order valence-corrected chi connectivity index (χ0v) is 7.89. The summed E-state index contributed by atoms with van der Waals surface area (Å²) < 4.78 is 0. The van der Waals surface area contributed by atoms with Gasteiger partial charge in [0.2, 0.25) is 0 Å². The van der Waals surface area contributed by atoms with E-state index in [1.807, 2.05) is 20.0 Å². The molecule has 1 nitrogen and oxygen atoms in total. The van der Waals surface area contributed by atoms with E-state index in [1.54, 1.807) is 0 Å². The van der Waals surface area contributed by atoms with Gasteiger partial charge in [-0.25, -0.2) is 0 Å². The number of benzene rings is 1. The van der Waals surface area contributed by atoms with Gasteiger partial charge in [-0.15, -0.1) is 0 Å². The molecule has 0 heterocycles. The molecule has 0 aromatic heterocycles. The van der Waals surface area contributed by atoms with Crippen LogP contribution in [-0.2, 0) is 0 Å². The average molecular weight is 161 g/mol. The van der Waals surface area contributed by atoms with Gasteiger partial charge in [0.15, 0.2) is 0 Å². The van der Waals surface area contributed by atoms with Gasteiger partial charge in [-0.05, 0) is 31.0 Å². The number of hydrogen-bond acceptors (Lipinski definition) is 1. The summed E-state index contributed by atoms with van der Waals surface area (Å²) in [5, 5.41) is 3.17. The maximum absolute atomic E-state index is 3.17. The molecular formula is C11H15N. The molecule has 0 bridgehead atoms. The van der Waals surface area contributed by atoms with E-state index < -0.39 is 0 Å². The number of anilines is 1. The van der Waals surface area contributed by atoms with Crippen LogP contribution in [0.2, 0.25) is 0 Å². The lowest BCUT2D eigenvalue weighted by Crippen LogP contribution is -1.91. The summed E-state index contributed by atoms with van der Waals surface area (Å²) in [6.07, 6.45) is 4.15. The Morgan fingerprint density at radius 1 is 1.33 bits per heavy atom. The van der Waals surface area contributed by atoms with Gasteiger partial charge in [0.05, 0.1) is 0 Å².